The summed E-state index contributed by atoms with van der Waals surface area (Å²) in [5.74, 6) is 0. The minimum Gasteiger partial charge on any atom is -0.422 e. The van der Waals surface area contributed by atoms with Gasteiger partial charge in [-0.1, -0.05) is 12.8 Å². The number of hydrogen-bond donors (Lipinski definition) is 1. The Balaban J connectivity index is 1.35. The highest BCUT2D eigenvalue weighted by atomic mass is 16.4. The fourth-order valence-electron chi connectivity index (χ4n) is 3.33. The summed E-state index contributed by atoms with van der Waals surface area (Å²) in [5.41, 5.74) is 1.33. The van der Waals surface area contributed by atoms with Gasteiger partial charge in [-0.15, -0.1) is 0 Å². The van der Waals surface area contributed by atoms with Crippen LogP contribution < -0.4 is 10.2 Å². The van der Waals surface area contributed by atoms with E-state index in [0.717, 1.165) is 25.9 Å². The molecule has 0 radical (unpaired) electrons. The van der Waals surface area contributed by atoms with Gasteiger partial charge in [0.15, 0.2) is 5.58 Å². The molecule has 2 aromatic rings. The summed E-state index contributed by atoms with van der Waals surface area (Å²) in [4.78, 5) is 24.9. The molecule has 0 unspecified atom stereocenters. The highest BCUT2D eigenvalue weighted by Gasteiger charge is 2.26. The van der Waals surface area contributed by atoms with E-state index in [2.05, 4.69) is 20.2 Å². The molecule has 0 aromatic carbocycles. The van der Waals surface area contributed by atoms with Crippen LogP contribution in [0.2, 0.25) is 0 Å². The number of carbonyl (C=O) groups excluding carboxylic acids is 1. The fourth-order valence-corrected chi connectivity index (χ4v) is 3.33. The molecule has 1 saturated heterocycles. The van der Waals surface area contributed by atoms with Crippen LogP contribution in [0, 0.1) is 0 Å². The molecule has 1 saturated carbocycles. The minimum atomic E-state index is 0.0655. The Bertz CT molecular complexity index is 654. The Morgan fingerprint density at radius 3 is 2.74 bits per heavy atom. The zero-order chi connectivity index (χ0) is 15.6. The van der Waals surface area contributed by atoms with Crippen molar-refractivity contribution in [2.45, 2.75) is 31.7 Å². The number of hydrogen-bond acceptors (Lipinski definition) is 5. The first-order chi connectivity index (χ1) is 11.3. The first-order valence-corrected chi connectivity index (χ1v) is 8.31. The van der Waals surface area contributed by atoms with Crippen molar-refractivity contribution < 1.29 is 9.21 Å². The molecule has 122 valence electrons. The number of amides is 2. The van der Waals surface area contributed by atoms with Crippen molar-refractivity contribution in [3.05, 3.63) is 18.3 Å². The van der Waals surface area contributed by atoms with Crippen LogP contribution in [-0.4, -0.2) is 53.1 Å². The third-order valence-electron chi connectivity index (χ3n) is 4.67. The maximum Gasteiger partial charge on any atom is 0.317 e. The number of rotatable bonds is 2. The second kappa shape index (κ2) is 6.06. The minimum absolute atomic E-state index is 0.0655. The highest BCUT2D eigenvalue weighted by molar-refractivity contribution is 5.75. The Hall–Kier alpha value is -2.31. The lowest BCUT2D eigenvalue weighted by molar-refractivity contribution is 0.189. The molecule has 1 N–H and O–H groups in total. The van der Waals surface area contributed by atoms with Gasteiger partial charge in [0.1, 0.15) is 0 Å². The summed E-state index contributed by atoms with van der Waals surface area (Å²) < 4.78 is 5.74. The van der Waals surface area contributed by atoms with Crippen LogP contribution in [-0.2, 0) is 0 Å². The Morgan fingerprint density at radius 1 is 1.22 bits per heavy atom. The van der Waals surface area contributed by atoms with E-state index in [1.807, 2.05) is 17.0 Å². The van der Waals surface area contributed by atoms with Gasteiger partial charge in [-0.3, -0.25) is 0 Å². The topological polar surface area (TPSA) is 74.5 Å². The van der Waals surface area contributed by atoms with Crippen LogP contribution >= 0.6 is 0 Å². The van der Waals surface area contributed by atoms with Gasteiger partial charge < -0.3 is 19.5 Å². The van der Waals surface area contributed by atoms with Gasteiger partial charge in [-0.05, 0) is 25.0 Å². The maximum atomic E-state index is 12.3. The Morgan fingerprint density at radius 2 is 2.00 bits per heavy atom. The molecule has 7 heteroatoms. The smallest absolute Gasteiger partial charge is 0.317 e. The summed E-state index contributed by atoms with van der Waals surface area (Å²) in [7, 11) is 0. The summed E-state index contributed by atoms with van der Waals surface area (Å²) in [6, 6.07) is 4.72. The zero-order valence-corrected chi connectivity index (χ0v) is 13.1. The Kier molecular flexibility index (Phi) is 3.77. The van der Waals surface area contributed by atoms with Crippen molar-refractivity contribution in [1.29, 1.82) is 0 Å². The number of carbonyl (C=O) groups is 1. The van der Waals surface area contributed by atoms with E-state index in [4.69, 9.17) is 4.42 Å². The van der Waals surface area contributed by atoms with Crippen molar-refractivity contribution in [3.63, 3.8) is 0 Å². The molecule has 2 aliphatic rings. The van der Waals surface area contributed by atoms with Gasteiger partial charge >= 0.3 is 6.03 Å². The molecule has 1 aliphatic heterocycles. The van der Waals surface area contributed by atoms with Crippen molar-refractivity contribution in [2.75, 3.05) is 31.1 Å². The van der Waals surface area contributed by atoms with Crippen LogP contribution in [0.4, 0.5) is 10.8 Å². The van der Waals surface area contributed by atoms with Gasteiger partial charge in [0.05, 0.1) is 0 Å². The van der Waals surface area contributed by atoms with Crippen molar-refractivity contribution in [3.8, 4) is 0 Å². The monoisotopic (exact) mass is 315 g/mol. The largest absolute Gasteiger partial charge is 0.422 e. The molecule has 2 aromatic heterocycles. The van der Waals surface area contributed by atoms with Crippen LogP contribution in [0.15, 0.2) is 22.7 Å². The average Bonchev–Trinajstić information content (AvgIpc) is 3.24. The number of anilines is 1. The van der Waals surface area contributed by atoms with Gasteiger partial charge in [0, 0.05) is 38.4 Å². The van der Waals surface area contributed by atoms with E-state index >= 15 is 0 Å². The third kappa shape index (κ3) is 2.95. The number of aromatic nitrogens is 2. The standard InChI is InChI=1S/C16H21N5O2/c22-15(18-12-4-1-2-5-12)20-8-10-21(11-9-20)16-19-14-13(23-16)6-3-7-17-14/h3,6-7,12H,1-2,4-5,8-11H2,(H,18,22). The van der Waals surface area contributed by atoms with E-state index in [9.17, 15) is 4.79 Å². The van der Waals surface area contributed by atoms with Gasteiger partial charge in [0.25, 0.3) is 6.01 Å². The molecule has 7 nitrogen and oxygen atoms in total. The van der Waals surface area contributed by atoms with Crippen LogP contribution in [0.5, 0.6) is 0 Å². The molecule has 3 heterocycles. The molecular weight excluding hydrogens is 294 g/mol. The lowest BCUT2D eigenvalue weighted by Gasteiger charge is -2.34. The summed E-state index contributed by atoms with van der Waals surface area (Å²) in [5, 5.41) is 3.14. The molecule has 2 fully saturated rings. The van der Waals surface area contributed by atoms with E-state index < -0.39 is 0 Å². The number of urea groups is 1. The number of fused-ring (bicyclic) bond motifs is 1. The lowest BCUT2D eigenvalue weighted by atomic mass is 10.2. The quantitative estimate of drug-likeness (QED) is 0.917. The second-order valence-corrected chi connectivity index (χ2v) is 6.23. The number of nitrogens with zero attached hydrogens (tertiary/aromatic N) is 4. The number of nitrogens with one attached hydrogen (secondary N) is 1. The van der Waals surface area contributed by atoms with Crippen LogP contribution in [0.25, 0.3) is 11.2 Å². The Labute approximate surface area is 134 Å². The highest BCUT2D eigenvalue weighted by Crippen LogP contribution is 2.22. The van der Waals surface area contributed by atoms with Gasteiger partial charge in [-0.25, -0.2) is 9.78 Å². The molecule has 23 heavy (non-hydrogen) atoms. The van der Waals surface area contributed by atoms with Crippen LogP contribution in [0.3, 0.4) is 0 Å². The second-order valence-electron chi connectivity index (χ2n) is 6.23. The summed E-state index contributed by atoms with van der Waals surface area (Å²) in [6.45, 7) is 2.82. The third-order valence-corrected chi connectivity index (χ3v) is 4.67. The number of piperazine rings is 1. The molecule has 0 bridgehead atoms. The van der Waals surface area contributed by atoms with Crippen molar-refractivity contribution in [1.82, 2.24) is 20.2 Å². The molecular formula is C16H21N5O2. The first-order valence-electron chi connectivity index (χ1n) is 8.31. The number of oxazole rings is 1. The van der Waals surface area contributed by atoms with Crippen molar-refractivity contribution >= 4 is 23.3 Å². The normalized spacial score (nSPS) is 19.5. The molecule has 0 atom stereocenters. The summed E-state index contributed by atoms with van der Waals surface area (Å²) >= 11 is 0. The van der Waals surface area contributed by atoms with Gasteiger partial charge in [-0.2, -0.15) is 4.98 Å². The van der Waals surface area contributed by atoms with E-state index in [-0.39, 0.29) is 6.03 Å². The number of pyridine rings is 1. The van der Waals surface area contributed by atoms with E-state index in [1.54, 1.807) is 6.20 Å². The van der Waals surface area contributed by atoms with E-state index in [1.165, 1.54) is 12.8 Å². The van der Waals surface area contributed by atoms with Gasteiger partial charge in [0.2, 0.25) is 5.65 Å². The molecule has 2 amide bonds. The van der Waals surface area contributed by atoms with Crippen molar-refractivity contribution in [2.24, 2.45) is 0 Å². The maximum absolute atomic E-state index is 12.3. The average molecular weight is 315 g/mol. The predicted octanol–water partition coefficient (Wildman–Crippen LogP) is 2.00. The predicted molar refractivity (Wildman–Crippen MR) is 86.4 cm³/mol. The summed E-state index contributed by atoms with van der Waals surface area (Å²) in [6.07, 6.45) is 6.39. The lowest BCUT2D eigenvalue weighted by Crippen LogP contribution is -2.53. The molecule has 4 rings (SSSR count). The zero-order valence-electron chi connectivity index (χ0n) is 13.1. The fraction of sp³-hybridized carbons (Fsp3) is 0.562. The SMILES string of the molecule is O=C(NC1CCCC1)N1CCN(c2nc3ncccc3o2)CC1. The molecule has 0 spiro atoms. The molecule has 1 aliphatic carbocycles. The van der Waals surface area contributed by atoms with Crippen LogP contribution in [0.1, 0.15) is 25.7 Å². The first kappa shape index (κ1) is 14.3. The van der Waals surface area contributed by atoms with E-state index in [0.29, 0.717) is 36.4 Å².